The van der Waals surface area contributed by atoms with Gasteiger partial charge in [0.15, 0.2) is 11.5 Å². The van der Waals surface area contributed by atoms with E-state index < -0.39 is 12.1 Å². The van der Waals surface area contributed by atoms with Crippen LogP contribution in [-0.4, -0.2) is 53.5 Å². The third-order valence-corrected chi connectivity index (χ3v) is 5.26. The number of aliphatic hydroxyl groups is 1. The number of carbonyl (C=O) groups excluding carboxylic acids is 1. The molecule has 1 aliphatic rings. The average molecular weight is 453 g/mol. The van der Waals surface area contributed by atoms with Crippen molar-refractivity contribution in [2.45, 2.75) is 25.1 Å². The van der Waals surface area contributed by atoms with E-state index in [-0.39, 0.29) is 18.9 Å². The number of fused-ring (bicyclic) bond motifs is 1. The van der Waals surface area contributed by atoms with Crippen LogP contribution < -0.4 is 24.3 Å². The van der Waals surface area contributed by atoms with Crippen LogP contribution >= 0.6 is 0 Å². The lowest BCUT2D eigenvalue weighted by Gasteiger charge is -2.26. The number of nitrogens with zero attached hydrogens (tertiary/aromatic N) is 2. The van der Waals surface area contributed by atoms with Crippen molar-refractivity contribution in [3.8, 4) is 23.0 Å². The monoisotopic (exact) mass is 453 g/mol. The van der Waals surface area contributed by atoms with Gasteiger partial charge in [-0.1, -0.05) is 6.07 Å². The second kappa shape index (κ2) is 10.7. The molecule has 1 aromatic heterocycles. The molecule has 0 saturated heterocycles. The summed E-state index contributed by atoms with van der Waals surface area (Å²) in [5, 5.41) is 14.0. The van der Waals surface area contributed by atoms with Crippen LogP contribution in [0.4, 0.5) is 0 Å². The number of nitrogens with one attached hydrogen (secondary N) is 1. The highest BCUT2D eigenvalue weighted by Gasteiger charge is 2.25. The Hall–Kier alpha value is -3.72. The molecule has 174 valence electrons. The molecule has 1 unspecified atom stereocenters. The first-order chi connectivity index (χ1) is 16.1. The second-order valence-corrected chi connectivity index (χ2v) is 7.56. The van der Waals surface area contributed by atoms with Crippen LogP contribution in [0.25, 0.3) is 0 Å². The van der Waals surface area contributed by atoms with Crippen molar-refractivity contribution in [3.63, 3.8) is 0 Å². The van der Waals surface area contributed by atoms with E-state index in [4.69, 9.17) is 18.9 Å². The van der Waals surface area contributed by atoms with Gasteiger partial charge < -0.3 is 33.9 Å². The number of rotatable bonds is 10. The Kier molecular flexibility index (Phi) is 7.31. The van der Waals surface area contributed by atoms with Crippen molar-refractivity contribution < 1.29 is 28.8 Å². The molecule has 1 amide bonds. The Balaban J connectivity index is 1.38. The van der Waals surface area contributed by atoms with Crippen molar-refractivity contribution in [2.24, 2.45) is 0 Å². The molecule has 2 N–H and O–H groups in total. The zero-order valence-corrected chi connectivity index (χ0v) is 18.3. The highest BCUT2D eigenvalue weighted by atomic mass is 16.6. The summed E-state index contributed by atoms with van der Waals surface area (Å²) >= 11 is 0. The number of amides is 1. The molecule has 2 atom stereocenters. The highest BCUT2D eigenvalue weighted by molar-refractivity contribution is 5.76. The maximum Gasteiger partial charge on any atom is 0.223 e. The Morgan fingerprint density at radius 1 is 1.15 bits per heavy atom. The summed E-state index contributed by atoms with van der Waals surface area (Å²) in [6.07, 6.45) is 4.25. The molecule has 9 nitrogen and oxygen atoms in total. The first kappa shape index (κ1) is 22.5. The number of methoxy groups -OCH3 is 1. The topological polar surface area (TPSA) is 104 Å². The molecule has 0 saturated carbocycles. The number of aromatic nitrogens is 2. The fourth-order valence-corrected chi connectivity index (χ4v) is 3.53. The Bertz CT molecular complexity index is 1040. The Morgan fingerprint density at radius 3 is 2.64 bits per heavy atom. The molecule has 1 aliphatic heterocycles. The summed E-state index contributed by atoms with van der Waals surface area (Å²) in [4.78, 5) is 16.7. The molecule has 9 heteroatoms. The van der Waals surface area contributed by atoms with E-state index in [9.17, 15) is 9.90 Å². The number of benzene rings is 2. The average Bonchev–Trinajstić information content (AvgIpc) is 3.36. The van der Waals surface area contributed by atoms with Gasteiger partial charge in [0.1, 0.15) is 30.8 Å². The summed E-state index contributed by atoms with van der Waals surface area (Å²) in [7, 11) is 1.60. The van der Waals surface area contributed by atoms with E-state index in [1.807, 2.05) is 0 Å². The SMILES string of the molecule is COc1ccc(OCCC(=O)N[C@H](Cn2ccnc2)C(O)c2ccc3c(c2)OCCO3)cc1. The van der Waals surface area contributed by atoms with E-state index in [2.05, 4.69) is 10.3 Å². The van der Waals surface area contributed by atoms with E-state index in [0.29, 0.717) is 42.6 Å². The van der Waals surface area contributed by atoms with Crippen LogP contribution in [0.15, 0.2) is 61.2 Å². The minimum absolute atomic E-state index is 0.139. The second-order valence-electron chi connectivity index (χ2n) is 7.56. The van der Waals surface area contributed by atoms with Gasteiger partial charge in [0, 0.05) is 18.9 Å². The molecule has 0 radical (unpaired) electrons. The van der Waals surface area contributed by atoms with E-state index in [1.54, 1.807) is 72.9 Å². The fraction of sp³-hybridized carbons (Fsp3) is 0.333. The molecule has 33 heavy (non-hydrogen) atoms. The molecule has 3 aromatic rings. The lowest BCUT2D eigenvalue weighted by Crippen LogP contribution is -2.42. The first-order valence-corrected chi connectivity index (χ1v) is 10.7. The van der Waals surface area contributed by atoms with Crippen LogP contribution in [0.5, 0.6) is 23.0 Å². The predicted molar refractivity (Wildman–Crippen MR) is 120 cm³/mol. The first-order valence-electron chi connectivity index (χ1n) is 10.7. The molecule has 2 heterocycles. The summed E-state index contributed by atoms with van der Waals surface area (Å²) in [5.74, 6) is 2.37. The molecular weight excluding hydrogens is 426 g/mol. The summed E-state index contributed by atoms with van der Waals surface area (Å²) in [6.45, 7) is 1.50. The Labute approximate surface area is 191 Å². The van der Waals surface area contributed by atoms with Crippen molar-refractivity contribution in [2.75, 3.05) is 26.9 Å². The highest BCUT2D eigenvalue weighted by Crippen LogP contribution is 2.33. The maximum atomic E-state index is 12.6. The molecule has 0 spiro atoms. The number of carbonyl (C=O) groups is 1. The summed E-state index contributed by atoms with van der Waals surface area (Å²) in [5.41, 5.74) is 0.624. The van der Waals surface area contributed by atoms with Gasteiger partial charge in [-0.05, 0) is 42.0 Å². The van der Waals surface area contributed by atoms with Gasteiger partial charge in [-0.3, -0.25) is 4.79 Å². The van der Waals surface area contributed by atoms with Crippen LogP contribution in [0.2, 0.25) is 0 Å². The minimum Gasteiger partial charge on any atom is -0.497 e. The third kappa shape index (κ3) is 5.95. The third-order valence-electron chi connectivity index (χ3n) is 5.26. The standard InChI is InChI=1S/C24H27N3O6/c1-30-18-3-5-19(6-4-18)31-11-8-23(28)26-20(15-27-10-9-25-16-27)24(29)17-2-7-21-22(14-17)33-13-12-32-21/h2-7,9-10,14,16,20,24,29H,8,11-13,15H2,1H3,(H,26,28)/t20-,24?/m1/s1. The molecule has 0 aliphatic carbocycles. The van der Waals surface area contributed by atoms with Crippen LogP contribution in [0.1, 0.15) is 18.1 Å². The largest absolute Gasteiger partial charge is 0.497 e. The summed E-state index contributed by atoms with van der Waals surface area (Å²) in [6, 6.07) is 11.9. The van der Waals surface area contributed by atoms with Gasteiger partial charge in [0.25, 0.3) is 0 Å². The number of ether oxygens (including phenoxy) is 4. The predicted octanol–water partition coefficient (Wildman–Crippen LogP) is 2.35. The molecular formula is C24H27N3O6. The normalized spacial score (nSPS) is 14.2. The van der Waals surface area contributed by atoms with Gasteiger partial charge >= 0.3 is 0 Å². The van der Waals surface area contributed by atoms with Crippen molar-refractivity contribution >= 4 is 5.91 Å². The molecule has 4 rings (SSSR count). The number of aliphatic hydroxyl groups excluding tert-OH is 1. The zero-order valence-electron chi connectivity index (χ0n) is 18.3. The van der Waals surface area contributed by atoms with Gasteiger partial charge in [-0.25, -0.2) is 4.98 Å². The Morgan fingerprint density at radius 2 is 1.91 bits per heavy atom. The fourth-order valence-electron chi connectivity index (χ4n) is 3.53. The van der Waals surface area contributed by atoms with Crippen LogP contribution in [0.3, 0.4) is 0 Å². The van der Waals surface area contributed by atoms with E-state index in [1.165, 1.54) is 0 Å². The van der Waals surface area contributed by atoms with Crippen molar-refractivity contribution in [3.05, 3.63) is 66.7 Å². The van der Waals surface area contributed by atoms with E-state index >= 15 is 0 Å². The van der Waals surface area contributed by atoms with Crippen molar-refractivity contribution in [1.29, 1.82) is 0 Å². The molecule has 0 fully saturated rings. The van der Waals surface area contributed by atoms with Crippen LogP contribution in [0, 0.1) is 0 Å². The lowest BCUT2D eigenvalue weighted by molar-refractivity contribution is -0.123. The van der Waals surface area contributed by atoms with Crippen molar-refractivity contribution in [1.82, 2.24) is 14.9 Å². The van der Waals surface area contributed by atoms with Gasteiger partial charge in [0.05, 0.1) is 32.5 Å². The smallest absolute Gasteiger partial charge is 0.223 e. The number of hydrogen-bond donors (Lipinski definition) is 2. The lowest BCUT2D eigenvalue weighted by atomic mass is 10.0. The molecule has 2 aromatic carbocycles. The number of imidazole rings is 1. The molecule has 0 bridgehead atoms. The quantitative estimate of drug-likeness (QED) is 0.486. The zero-order chi connectivity index (χ0) is 23.0. The van der Waals surface area contributed by atoms with Crippen LogP contribution in [-0.2, 0) is 11.3 Å². The summed E-state index contributed by atoms with van der Waals surface area (Å²) < 4.78 is 23.8. The minimum atomic E-state index is -0.963. The maximum absolute atomic E-state index is 12.6. The van der Waals surface area contributed by atoms with Gasteiger partial charge in [0.2, 0.25) is 5.91 Å². The van der Waals surface area contributed by atoms with Gasteiger partial charge in [-0.15, -0.1) is 0 Å². The number of hydrogen-bond acceptors (Lipinski definition) is 7. The van der Waals surface area contributed by atoms with E-state index in [0.717, 1.165) is 5.75 Å². The van der Waals surface area contributed by atoms with Gasteiger partial charge in [-0.2, -0.15) is 0 Å².